The van der Waals surface area contributed by atoms with Gasteiger partial charge in [-0.2, -0.15) is 0 Å². The maximum atomic E-state index is 12.4. The molecule has 0 saturated carbocycles. The molecule has 6 heteroatoms. The molecule has 2 amide bonds. The van der Waals surface area contributed by atoms with Crippen LogP contribution in [0, 0.1) is 0 Å². The fourth-order valence-electron chi connectivity index (χ4n) is 3.15. The molecule has 0 atom stereocenters. The normalized spacial score (nSPS) is 13.5. The molecule has 5 nitrogen and oxygen atoms in total. The van der Waals surface area contributed by atoms with Crippen molar-refractivity contribution >= 4 is 23.4 Å². The smallest absolute Gasteiger partial charge is 0.253 e. The van der Waals surface area contributed by atoms with Crippen molar-refractivity contribution < 1.29 is 9.59 Å². The van der Waals surface area contributed by atoms with Crippen molar-refractivity contribution in [2.24, 2.45) is 0 Å². The Morgan fingerprint density at radius 1 is 1.00 bits per heavy atom. The van der Waals surface area contributed by atoms with Crippen LogP contribution in [0.15, 0.2) is 54.4 Å². The van der Waals surface area contributed by atoms with Crippen LogP contribution < -0.4 is 10.6 Å². The summed E-state index contributed by atoms with van der Waals surface area (Å²) < 4.78 is 0. The summed E-state index contributed by atoms with van der Waals surface area (Å²) in [4.78, 5) is 28.8. The van der Waals surface area contributed by atoms with Crippen LogP contribution in [0.25, 0.3) is 0 Å². The Morgan fingerprint density at radius 3 is 2.39 bits per heavy atom. The molecule has 0 saturated heterocycles. The number of hydrogen-bond donors (Lipinski definition) is 2. The Labute approximate surface area is 170 Å². The van der Waals surface area contributed by atoms with Crippen LogP contribution in [0.1, 0.15) is 58.4 Å². The third kappa shape index (κ3) is 5.92. The number of nitrogens with zero attached hydrogens (tertiary/aromatic N) is 1. The lowest BCUT2D eigenvalue weighted by molar-refractivity contribution is 0.0950. The molecule has 28 heavy (non-hydrogen) atoms. The average molecular weight is 398 g/mol. The SMILES string of the molecule is O=C(NCCC1=CCCCC1)c1cncc(C(=O)NCc2ccc(Cl)cc2)c1. The first-order chi connectivity index (χ1) is 13.6. The van der Waals surface area contributed by atoms with Crippen molar-refractivity contribution in [2.75, 3.05) is 6.54 Å². The number of amides is 2. The molecule has 3 rings (SSSR count). The summed E-state index contributed by atoms with van der Waals surface area (Å²) in [5.74, 6) is -0.485. The summed E-state index contributed by atoms with van der Waals surface area (Å²) in [6.07, 6.45) is 10.8. The van der Waals surface area contributed by atoms with Gasteiger partial charge in [0.15, 0.2) is 0 Å². The highest BCUT2D eigenvalue weighted by Gasteiger charge is 2.12. The van der Waals surface area contributed by atoms with E-state index >= 15 is 0 Å². The zero-order valence-corrected chi connectivity index (χ0v) is 16.5. The Balaban J connectivity index is 1.51. The molecule has 0 aliphatic heterocycles. The van der Waals surface area contributed by atoms with Crippen molar-refractivity contribution in [1.29, 1.82) is 0 Å². The van der Waals surface area contributed by atoms with Gasteiger partial charge in [-0.05, 0) is 55.9 Å². The van der Waals surface area contributed by atoms with E-state index in [1.165, 1.54) is 30.8 Å². The molecule has 146 valence electrons. The number of rotatable bonds is 7. The van der Waals surface area contributed by atoms with Crippen LogP contribution in [0.3, 0.4) is 0 Å². The molecule has 1 heterocycles. The van der Waals surface area contributed by atoms with Crippen LogP contribution >= 0.6 is 11.6 Å². The van der Waals surface area contributed by atoms with Crippen molar-refractivity contribution in [1.82, 2.24) is 15.6 Å². The van der Waals surface area contributed by atoms with Crippen molar-refractivity contribution in [3.63, 3.8) is 0 Å². The molecule has 0 bridgehead atoms. The first-order valence-corrected chi connectivity index (χ1v) is 9.93. The minimum Gasteiger partial charge on any atom is -0.352 e. The van der Waals surface area contributed by atoms with Gasteiger partial charge in [-0.15, -0.1) is 0 Å². The highest BCUT2D eigenvalue weighted by Crippen LogP contribution is 2.19. The fraction of sp³-hybridized carbons (Fsp3) is 0.318. The lowest BCUT2D eigenvalue weighted by atomic mass is 9.97. The molecular formula is C22H24ClN3O2. The molecular weight excluding hydrogens is 374 g/mol. The van der Waals surface area contributed by atoms with E-state index in [1.807, 2.05) is 12.1 Å². The van der Waals surface area contributed by atoms with E-state index in [1.54, 1.807) is 18.2 Å². The van der Waals surface area contributed by atoms with E-state index in [0.29, 0.717) is 29.2 Å². The molecule has 0 unspecified atom stereocenters. The van der Waals surface area contributed by atoms with Crippen molar-refractivity contribution in [3.8, 4) is 0 Å². The van der Waals surface area contributed by atoms with Crippen molar-refractivity contribution in [3.05, 3.63) is 76.1 Å². The summed E-state index contributed by atoms with van der Waals surface area (Å²) in [6, 6.07) is 8.83. The molecule has 0 spiro atoms. The minimum atomic E-state index is -0.274. The lowest BCUT2D eigenvalue weighted by Gasteiger charge is -2.13. The van der Waals surface area contributed by atoms with Gasteiger partial charge >= 0.3 is 0 Å². The van der Waals surface area contributed by atoms with Gasteiger partial charge in [0.25, 0.3) is 11.8 Å². The second-order valence-electron chi connectivity index (χ2n) is 6.89. The predicted molar refractivity (Wildman–Crippen MR) is 110 cm³/mol. The van der Waals surface area contributed by atoms with Gasteiger partial charge in [-0.3, -0.25) is 14.6 Å². The second-order valence-corrected chi connectivity index (χ2v) is 7.32. The van der Waals surface area contributed by atoms with E-state index in [2.05, 4.69) is 21.7 Å². The van der Waals surface area contributed by atoms with Gasteiger partial charge in [0.2, 0.25) is 0 Å². The van der Waals surface area contributed by atoms with E-state index < -0.39 is 0 Å². The van der Waals surface area contributed by atoms with E-state index in [4.69, 9.17) is 11.6 Å². The van der Waals surface area contributed by atoms with Crippen LogP contribution in [-0.4, -0.2) is 23.3 Å². The average Bonchev–Trinajstić information content (AvgIpc) is 2.74. The number of allylic oxidation sites excluding steroid dienone is 1. The van der Waals surface area contributed by atoms with Crippen LogP contribution in [0.5, 0.6) is 0 Å². The molecule has 2 aromatic rings. The third-order valence-corrected chi connectivity index (χ3v) is 5.00. The number of aromatic nitrogens is 1. The summed E-state index contributed by atoms with van der Waals surface area (Å²) in [5, 5.41) is 6.39. The Morgan fingerprint density at radius 2 is 1.71 bits per heavy atom. The number of benzene rings is 1. The highest BCUT2D eigenvalue weighted by atomic mass is 35.5. The van der Waals surface area contributed by atoms with Gasteiger partial charge in [0, 0.05) is 30.5 Å². The zero-order valence-electron chi connectivity index (χ0n) is 15.7. The summed E-state index contributed by atoms with van der Waals surface area (Å²) in [7, 11) is 0. The quantitative estimate of drug-likeness (QED) is 0.685. The first kappa shape index (κ1) is 20.1. The monoisotopic (exact) mass is 397 g/mol. The number of pyridine rings is 1. The largest absolute Gasteiger partial charge is 0.352 e. The fourth-order valence-corrected chi connectivity index (χ4v) is 3.27. The first-order valence-electron chi connectivity index (χ1n) is 9.55. The molecule has 2 N–H and O–H groups in total. The number of halogens is 1. The topological polar surface area (TPSA) is 71.1 Å². The molecule has 1 aromatic heterocycles. The zero-order chi connectivity index (χ0) is 19.8. The van der Waals surface area contributed by atoms with Gasteiger partial charge in [-0.25, -0.2) is 0 Å². The summed E-state index contributed by atoms with van der Waals surface area (Å²) in [6.45, 7) is 0.971. The molecule has 0 fully saturated rings. The van der Waals surface area contributed by atoms with Crippen LogP contribution in [0.2, 0.25) is 5.02 Å². The third-order valence-electron chi connectivity index (χ3n) is 4.75. The number of carbonyl (C=O) groups excluding carboxylic acids is 2. The number of carbonyl (C=O) groups is 2. The predicted octanol–water partition coefficient (Wildman–Crippen LogP) is 4.29. The maximum Gasteiger partial charge on any atom is 0.253 e. The van der Waals surface area contributed by atoms with Gasteiger partial charge in [0.1, 0.15) is 0 Å². The lowest BCUT2D eigenvalue weighted by Crippen LogP contribution is -2.26. The van der Waals surface area contributed by atoms with E-state index in [9.17, 15) is 9.59 Å². The molecule has 1 aliphatic rings. The Kier molecular flexibility index (Phi) is 7.20. The van der Waals surface area contributed by atoms with Gasteiger partial charge in [0.05, 0.1) is 11.1 Å². The van der Waals surface area contributed by atoms with E-state index in [-0.39, 0.29) is 11.8 Å². The van der Waals surface area contributed by atoms with Gasteiger partial charge in [-0.1, -0.05) is 35.4 Å². The Hall–Kier alpha value is -2.66. The second kappa shape index (κ2) is 10.0. The highest BCUT2D eigenvalue weighted by molar-refractivity contribution is 6.30. The summed E-state index contributed by atoms with van der Waals surface area (Å²) in [5.41, 5.74) is 3.10. The molecule has 1 aromatic carbocycles. The summed E-state index contributed by atoms with van der Waals surface area (Å²) >= 11 is 5.86. The minimum absolute atomic E-state index is 0.212. The van der Waals surface area contributed by atoms with Crippen LogP contribution in [-0.2, 0) is 6.54 Å². The van der Waals surface area contributed by atoms with E-state index in [0.717, 1.165) is 24.8 Å². The molecule has 1 aliphatic carbocycles. The van der Waals surface area contributed by atoms with Gasteiger partial charge < -0.3 is 10.6 Å². The van der Waals surface area contributed by atoms with Crippen molar-refractivity contribution in [2.45, 2.75) is 38.6 Å². The molecule has 0 radical (unpaired) electrons. The number of hydrogen-bond acceptors (Lipinski definition) is 3. The Bertz CT molecular complexity index is 862. The van der Waals surface area contributed by atoms with Crippen LogP contribution in [0.4, 0.5) is 0 Å². The maximum absolute atomic E-state index is 12.4. The number of nitrogens with one attached hydrogen (secondary N) is 2. The standard InChI is InChI=1S/C22H24ClN3O2/c23-20-8-6-17(7-9-20)13-26-22(28)19-12-18(14-24-15-19)21(27)25-11-10-16-4-2-1-3-5-16/h4,6-9,12,14-15H,1-3,5,10-11,13H2,(H,25,27)(H,26,28).